The predicted molar refractivity (Wildman–Crippen MR) is 83.4 cm³/mol. The number of aromatic nitrogens is 1. The molecule has 0 aliphatic rings. The van der Waals surface area contributed by atoms with E-state index in [1.54, 1.807) is 6.92 Å². The van der Waals surface area contributed by atoms with Crippen molar-refractivity contribution < 1.29 is 22.3 Å². The molecule has 0 spiro atoms. The molecular weight excluding hydrogens is 321 g/mol. The van der Waals surface area contributed by atoms with Crippen LogP contribution < -0.4 is 0 Å². The Kier molecular flexibility index (Phi) is 5.20. The molecule has 0 saturated heterocycles. The van der Waals surface area contributed by atoms with Crippen molar-refractivity contribution in [1.29, 1.82) is 0 Å². The molecule has 124 valence electrons. The Hall–Kier alpha value is -2.15. The van der Waals surface area contributed by atoms with E-state index in [0.29, 0.717) is 17.7 Å². The standard InChI is InChI=1S/C16H18FNO4S/c1-3-15-14(13(9-18-15)16(19)22-4-2)10-23(20,21)12-7-5-11(17)6-8-12/h5-9,18H,3-4,10H2,1-2H3. The molecule has 0 radical (unpaired) electrons. The van der Waals surface area contributed by atoms with Crippen molar-refractivity contribution in [3.05, 3.63) is 53.1 Å². The topological polar surface area (TPSA) is 76.2 Å². The highest BCUT2D eigenvalue weighted by molar-refractivity contribution is 7.90. The average Bonchev–Trinajstić information content (AvgIpc) is 2.90. The van der Waals surface area contributed by atoms with Crippen LogP contribution in [0.4, 0.5) is 4.39 Å². The molecule has 1 N–H and O–H groups in total. The second kappa shape index (κ2) is 6.95. The molecule has 0 saturated carbocycles. The zero-order valence-corrected chi connectivity index (χ0v) is 13.7. The van der Waals surface area contributed by atoms with E-state index in [9.17, 15) is 17.6 Å². The molecule has 0 aliphatic heterocycles. The fourth-order valence-electron chi connectivity index (χ4n) is 2.28. The zero-order chi connectivity index (χ0) is 17.0. The van der Waals surface area contributed by atoms with E-state index in [1.165, 1.54) is 18.3 Å². The molecule has 0 unspecified atom stereocenters. The molecule has 0 fully saturated rings. The molecule has 2 aromatic rings. The number of carbonyl (C=O) groups excluding carboxylic acids is 1. The van der Waals surface area contributed by atoms with E-state index in [1.807, 2.05) is 6.92 Å². The van der Waals surface area contributed by atoms with Gasteiger partial charge in [0.15, 0.2) is 9.84 Å². The van der Waals surface area contributed by atoms with E-state index in [2.05, 4.69) is 4.98 Å². The van der Waals surface area contributed by atoms with Gasteiger partial charge < -0.3 is 9.72 Å². The van der Waals surface area contributed by atoms with Crippen molar-refractivity contribution in [2.24, 2.45) is 0 Å². The van der Waals surface area contributed by atoms with Crippen LogP contribution in [0, 0.1) is 5.82 Å². The van der Waals surface area contributed by atoms with Gasteiger partial charge in [-0.1, -0.05) is 6.92 Å². The van der Waals surface area contributed by atoms with Gasteiger partial charge in [-0.25, -0.2) is 17.6 Å². The minimum atomic E-state index is -3.70. The fraction of sp³-hybridized carbons (Fsp3) is 0.312. The van der Waals surface area contributed by atoms with Crippen molar-refractivity contribution >= 4 is 15.8 Å². The van der Waals surface area contributed by atoms with Crippen molar-refractivity contribution in [2.45, 2.75) is 30.9 Å². The van der Waals surface area contributed by atoms with Crippen LogP contribution in [0.2, 0.25) is 0 Å². The molecular formula is C16H18FNO4S. The summed E-state index contributed by atoms with van der Waals surface area (Å²) in [5, 5.41) is 0. The number of sulfone groups is 1. The van der Waals surface area contributed by atoms with E-state index in [-0.39, 0.29) is 22.8 Å². The van der Waals surface area contributed by atoms with E-state index in [0.717, 1.165) is 12.1 Å². The number of ether oxygens (including phenoxy) is 1. The minimum absolute atomic E-state index is 0.0111. The highest BCUT2D eigenvalue weighted by Crippen LogP contribution is 2.23. The van der Waals surface area contributed by atoms with Crippen LogP contribution in [0.5, 0.6) is 0 Å². The summed E-state index contributed by atoms with van der Waals surface area (Å²) >= 11 is 0. The first-order chi connectivity index (χ1) is 10.9. The third-order valence-corrected chi connectivity index (χ3v) is 5.10. The summed E-state index contributed by atoms with van der Waals surface area (Å²) in [5.41, 5.74) is 1.28. The number of hydrogen-bond donors (Lipinski definition) is 1. The number of aryl methyl sites for hydroxylation is 1. The van der Waals surface area contributed by atoms with E-state index in [4.69, 9.17) is 4.74 Å². The number of esters is 1. The lowest BCUT2D eigenvalue weighted by molar-refractivity contribution is 0.0525. The van der Waals surface area contributed by atoms with Gasteiger partial charge in [0, 0.05) is 17.5 Å². The Morgan fingerprint density at radius 2 is 1.87 bits per heavy atom. The second-order valence-electron chi connectivity index (χ2n) is 4.95. The van der Waals surface area contributed by atoms with Crippen molar-refractivity contribution in [3.63, 3.8) is 0 Å². The first-order valence-electron chi connectivity index (χ1n) is 7.23. The quantitative estimate of drug-likeness (QED) is 0.648. The first kappa shape index (κ1) is 17.2. The molecule has 2 rings (SSSR count). The number of hydrogen-bond acceptors (Lipinski definition) is 4. The Bertz CT molecular complexity index is 794. The van der Waals surface area contributed by atoms with Crippen LogP contribution in [-0.4, -0.2) is 26.0 Å². The highest BCUT2D eigenvalue weighted by atomic mass is 32.2. The second-order valence-corrected chi connectivity index (χ2v) is 6.94. The molecule has 1 aromatic carbocycles. The van der Waals surface area contributed by atoms with Crippen LogP contribution in [0.25, 0.3) is 0 Å². The van der Waals surface area contributed by atoms with Gasteiger partial charge >= 0.3 is 5.97 Å². The number of H-pyrrole nitrogens is 1. The minimum Gasteiger partial charge on any atom is -0.462 e. The lowest BCUT2D eigenvalue weighted by atomic mass is 10.1. The molecule has 23 heavy (non-hydrogen) atoms. The Morgan fingerprint density at radius 1 is 1.22 bits per heavy atom. The van der Waals surface area contributed by atoms with Gasteiger partial charge in [-0.2, -0.15) is 0 Å². The molecule has 7 heteroatoms. The normalized spacial score (nSPS) is 11.4. The summed E-state index contributed by atoms with van der Waals surface area (Å²) in [7, 11) is -3.70. The molecule has 0 bridgehead atoms. The fourth-order valence-corrected chi connectivity index (χ4v) is 3.71. The number of benzene rings is 1. The lowest BCUT2D eigenvalue weighted by Crippen LogP contribution is -2.11. The third kappa shape index (κ3) is 3.79. The summed E-state index contributed by atoms with van der Waals surface area (Å²) in [6, 6.07) is 4.62. The summed E-state index contributed by atoms with van der Waals surface area (Å²) < 4.78 is 43.0. The zero-order valence-electron chi connectivity index (χ0n) is 12.9. The van der Waals surface area contributed by atoms with Crippen LogP contribution in [-0.2, 0) is 26.7 Å². The van der Waals surface area contributed by atoms with Crippen LogP contribution in [0.1, 0.15) is 35.5 Å². The van der Waals surface area contributed by atoms with Gasteiger partial charge in [0.25, 0.3) is 0 Å². The number of rotatable bonds is 6. The largest absolute Gasteiger partial charge is 0.462 e. The van der Waals surface area contributed by atoms with Gasteiger partial charge in [-0.3, -0.25) is 0 Å². The van der Waals surface area contributed by atoms with Crippen LogP contribution in [0.15, 0.2) is 35.4 Å². The molecule has 0 amide bonds. The maximum Gasteiger partial charge on any atom is 0.339 e. The smallest absolute Gasteiger partial charge is 0.339 e. The molecule has 0 atom stereocenters. The van der Waals surface area contributed by atoms with Gasteiger partial charge in [-0.15, -0.1) is 0 Å². The Balaban J connectivity index is 2.40. The number of carbonyl (C=O) groups is 1. The summed E-state index contributed by atoms with van der Waals surface area (Å²) in [6.07, 6.45) is 2.01. The number of halogens is 1. The molecule has 5 nitrogen and oxygen atoms in total. The van der Waals surface area contributed by atoms with Crippen LogP contribution >= 0.6 is 0 Å². The lowest BCUT2D eigenvalue weighted by Gasteiger charge is -2.08. The maximum absolute atomic E-state index is 13.0. The number of nitrogens with one attached hydrogen (secondary N) is 1. The van der Waals surface area contributed by atoms with Crippen molar-refractivity contribution in [3.8, 4) is 0 Å². The van der Waals surface area contributed by atoms with E-state index < -0.39 is 21.6 Å². The highest BCUT2D eigenvalue weighted by Gasteiger charge is 2.24. The summed E-state index contributed by atoms with van der Waals surface area (Å²) in [5.74, 6) is -1.42. The first-order valence-corrected chi connectivity index (χ1v) is 8.88. The summed E-state index contributed by atoms with van der Waals surface area (Å²) in [6.45, 7) is 3.74. The molecule has 1 aromatic heterocycles. The predicted octanol–water partition coefficient (Wildman–Crippen LogP) is 2.87. The number of aromatic amines is 1. The van der Waals surface area contributed by atoms with Crippen molar-refractivity contribution in [1.82, 2.24) is 4.98 Å². The molecule has 1 heterocycles. The van der Waals surface area contributed by atoms with Crippen molar-refractivity contribution in [2.75, 3.05) is 6.61 Å². The Labute approximate surface area is 134 Å². The van der Waals surface area contributed by atoms with Crippen LogP contribution in [0.3, 0.4) is 0 Å². The SMILES string of the molecule is CCOC(=O)c1c[nH]c(CC)c1CS(=O)(=O)c1ccc(F)cc1. The molecule has 0 aliphatic carbocycles. The maximum atomic E-state index is 13.0. The van der Waals surface area contributed by atoms with E-state index >= 15 is 0 Å². The van der Waals surface area contributed by atoms with Gasteiger partial charge in [0.05, 0.1) is 22.8 Å². The van der Waals surface area contributed by atoms with Gasteiger partial charge in [0.1, 0.15) is 5.82 Å². The third-order valence-electron chi connectivity index (χ3n) is 3.44. The average molecular weight is 339 g/mol. The Morgan fingerprint density at radius 3 is 2.43 bits per heavy atom. The van der Waals surface area contributed by atoms with Gasteiger partial charge in [-0.05, 0) is 37.6 Å². The monoisotopic (exact) mass is 339 g/mol. The summed E-state index contributed by atoms with van der Waals surface area (Å²) in [4.78, 5) is 14.9. The van der Waals surface area contributed by atoms with Gasteiger partial charge in [0.2, 0.25) is 0 Å².